The van der Waals surface area contributed by atoms with Crippen LogP contribution in [-0.2, 0) is 6.54 Å². The summed E-state index contributed by atoms with van der Waals surface area (Å²) in [5.41, 5.74) is 9.04. The molecule has 0 aliphatic carbocycles. The molecule has 2 aromatic heterocycles. The fourth-order valence-corrected chi connectivity index (χ4v) is 4.09. The zero-order valence-electron chi connectivity index (χ0n) is 15.1. The maximum absolute atomic E-state index is 6.27. The molecule has 0 atom stereocenters. The summed E-state index contributed by atoms with van der Waals surface area (Å²) in [5, 5.41) is 11.6. The Labute approximate surface area is 157 Å². The maximum atomic E-state index is 6.27. The fourth-order valence-electron chi connectivity index (χ4n) is 4.09. The summed E-state index contributed by atoms with van der Waals surface area (Å²) in [5.74, 6) is 1.09. The molecule has 0 spiro atoms. The summed E-state index contributed by atoms with van der Waals surface area (Å²) < 4.78 is 2.03. The smallest absolute Gasteiger partial charge is 0.163 e. The van der Waals surface area contributed by atoms with Gasteiger partial charge in [-0.2, -0.15) is 5.10 Å². The minimum absolute atomic E-state index is 0.486. The summed E-state index contributed by atoms with van der Waals surface area (Å²) >= 11 is 0. The van der Waals surface area contributed by atoms with E-state index in [1.165, 1.54) is 11.7 Å². The lowest BCUT2D eigenvalue weighted by Gasteiger charge is -2.22. The highest BCUT2D eigenvalue weighted by atomic mass is 15.3. The molecule has 0 unspecified atom stereocenters. The van der Waals surface area contributed by atoms with Gasteiger partial charge >= 0.3 is 0 Å². The minimum Gasteiger partial charge on any atom is -0.383 e. The molecule has 5 rings (SSSR count). The molecule has 0 amide bonds. The summed E-state index contributed by atoms with van der Waals surface area (Å²) in [6.07, 6.45) is 3.85. The zero-order valence-corrected chi connectivity index (χ0v) is 15.1. The third kappa shape index (κ3) is 2.82. The largest absolute Gasteiger partial charge is 0.383 e. The SMILES string of the molecule is Nc1ncnc2c1c(-c1cccc3ccccc13)nn2CC1CCNCC1. The van der Waals surface area contributed by atoms with E-state index in [0.29, 0.717) is 11.7 Å². The zero-order chi connectivity index (χ0) is 18.2. The van der Waals surface area contributed by atoms with E-state index in [9.17, 15) is 0 Å². The Balaban J connectivity index is 1.70. The number of rotatable bonds is 3. The average molecular weight is 358 g/mol. The Morgan fingerprint density at radius 1 is 1.04 bits per heavy atom. The summed E-state index contributed by atoms with van der Waals surface area (Å²) in [6.45, 7) is 2.99. The van der Waals surface area contributed by atoms with E-state index in [1.54, 1.807) is 0 Å². The molecule has 0 radical (unpaired) electrons. The van der Waals surface area contributed by atoms with Crippen molar-refractivity contribution in [2.45, 2.75) is 19.4 Å². The van der Waals surface area contributed by atoms with Crippen LogP contribution in [0.25, 0.3) is 33.1 Å². The van der Waals surface area contributed by atoms with Gasteiger partial charge in [0.15, 0.2) is 5.65 Å². The lowest BCUT2D eigenvalue weighted by molar-refractivity contribution is 0.325. The van der Waals surface area contributed by atoms with Crippen LogP contribution in [0.5, 0.6) is 0 Å². The first kappa shape index (κ1) is 16.2. The molecule has 1 aliphatic rings. The Morgan fingerprint density at radius 2 is 1.85 bits per heavy atom. The molecule has 3 N–H and O–H groups in total. The molecule has 1 aliphatic heterocycles. The lowest BCUT2D eigenvalue weighted by atomic mass is 9.98. The van der Waals surface area contributed by atoms with Gasteiger partial charge in [-0.1, -0.05) is 42.5 Å². The van der Waals surface area contributed by atoms with Gasteiger partial charge in [-0.15, -0.1) is 0 Å². The standard InChI is InChI=1S/C21H22N6/c22-20-18-19(17-7-3-5-15-4-1-2-6-16(15)17)26-27(21(18)25-13-24-20)12-14-8-10-23-11-9-14/h1-7,13-14,23H,8-12H2,(H2,22,24,25). The molecule has 27 heavy (non-hydrogen) atoms. The van der Waals surface area contributed by atoms with Crippen LogP contribution in [0.4, 0.5) is 5.82 Å². The van der Waals surface area contributed by atoms with Gasteiger partial charge in [0.2, 0.25) is 0 Å². The Bertz CT molecular complexity index is 1110. The second kappa shape index (κ2) is 6.63. The van der Waals surface area contributed by atoms with Crippen molar-refractivity contribution in [1.29, 1.82) is 0 Å². The molecule has 4 aromatic rings. The van der Waals surface area contributed by atoms with Gasteiger partial charge in [0.05, 0.1) is 5.39 Å². The van der Waals surface area contributed by atoms with Crippen LogP contribution in [0.15, 0.2) is 48.8 Å². The molecular weight excluding hydrogens is 336 g/mol. The molecule has 3 heterocycles. The fraction of sp³-hybridized carbons (Fsp3) is 0.286. The van der Waals surface area contributed by atoms with Crippen LogP contribution in [0, 0.1) is 5.92 Å². The van der Waals surface area contributed by atoms with Crippen molar-refractivity contribution >= 4 is 27.6 Å². The number of anilines is 1. The third-order valence-corrected chi connectivity index (χ3v) is 5.49. The number of fused-ring (bicyclic) bond motifs is 2. The Kier molecular flexibility index (Phi) is 3.98. The topological polar surface area (TPSA) is 81.7 Å². The van der Waals surface area contributed by atoms with Gasteiger partial charge in [0.25, 0.3) is 0 Å². The van der Waals surface area contributed by atoms with Gasteiger partial charge in [-0.3, -0.25) is 0 Å². The van der Waals surface area contributed by atoms with Gasteiger partial charge < -0.3 is 11.1 Å². The Morgan fingerprint density at radius 3 is 2.74 bits per heavy atom. The van der Waals surface area contributed by atoms with E-state index in [-0.39, 0.29) is 0 Å². The van der Waals surface area contributed by atoms with E-state index >= 15 is 0 Å². The number of nitrogens with one attached hydrogen (secondary N) is 1. The van der Waals surface area contributed by atoms with Crippen LogP contribution in [0.3, 0.4) is 0 Å². The molecule has 6 heteroatoms. The van der Waals surface area contributed by atoms with E-state index in [2.05, 4.69) is 57.7 Å². The van der Waals surface area contributed by atoms with Crippen molar-refractivity contribution in [3.05, 3.63) is 48.8 Å². The predicted molar refractivity (Wildman–Crippen MR) is 108 cm³/mol. The number of hydrogen-bond donors (Lipinski definition) is 2. The second-order valence-electron chi connectivity index (χ2n) is 7.21. The van der Waals surface area contributed by atoms with Crippen molar-refractivity contribution in [2.24, 2.45) is 5.92 Å². The molecule has 2 aromatic carbocycles. The van der Waals surface area contributed by atoms with Crippen LogP contribution in [0.2, 0.25) is 0 Å². The van der Waals surface area contributed by atoms with Crippen LogP contribution < -0.4 is 11.1 Å². The number of hydrogen-bond acceptors (Lipinski definition) is 5. The summed E-state index contributed by atoms with van der Waals surface area (Å²) in [4.78, 5) is 8.76. The van der Waals surface area contributed by atoms with Gasteiger partial charge in [-0.25, -0.2) is 14.6 Å². The third-order valence-electron chi connectivity index (χ3n) is 5.49. The molecule has 136 valence electrons. The van der Waals surface area contributed by atoms with Crippen LogP contribution in [-0.4, -0.2) is 32.8 Å². The maximum Gasteiger partial charge on any atom is 0.163 e. The van der Waals surface area contributed by atoms with Crippen molar-refractivity contribution in [3.63, 3.8) is 0 Å². The monoisotopic (exact) mass is 358 g/mol. The van der Waals surface area contributed by atoms with Gasteiger partial charge in [-0.05, 0) is 42.6 Å². The number of nitrogens with zero attached hydrogens (tertiary/aromatic N) is 4. The van der Waals surface area contributed by atoms with Crippen molar-refractivity contribution in [1.82, 2.24) is 25.1 Å². The summed E-state index contributed by atoms with van der Waals surface area (Å²) in [7, 11) is 0. The first-order chi connectivity index (χ1) is 13.3. The van der Waals surface area contributed by atoms with E-state index in [4.69, 9.17) is 10.8 Å². The first-order valence-electron chi connectivity index (χ1n) is 9.47. The lowest BCUT2D eigenvalue weighted by Crippen LogP contribution is -2.30. The molecular formula is C21H22N6. The molecule has 1 fully saturated rings. The number of benzene rings is 2. The Hall–Kier alpha value is -2.99. The van der Waals surface area contributed by atoms with E-state index < -0.39 is 0 Å². The quantitative estimate of drug-likeness (QED) is 0.588. The number of piperidine rings is 1. The highest BCUT2D eigenvalue weighted by Crippen LogP contribution is 2.35. The van der Waals surface area contributed by atoms with Crippen molar-refractivity contribution in [3.8, 4) is 11.3 Å². The normalized spacial score (nSPS) is 15.6. The van der Waals surface area contributed by atoms with E-state index in [1.807, 2.05) is 4.68 Å². The highest BCUT2D eigenvalue weighted by molar-refractivity contribution is 6.05. The molecule has 6 nitrogen and oxygen atoms in total. The highest BCUT2D eigenvalue weighted by Gasteiger charge is 2.21. The van der Waals surface area contributed by atoms with Crippen molar-refractivity contribution < 1.29 is 0 Å². The van der Waals surface area contributed by atoms with Gasteiger partial charge in [0.1, 0.15) is 17.8 Å². The average Bonchev–Trinajstić information content (AvgIpc) is 3.08. The second-order valence-corrected chi connectivity index (χ2v) is 7.21. The molecule has 0 saturated carbocycles. The van der Waals surface area contributed by atoms with Crippen molar-refractivity contribution in [2.75, 3.05) is 18.8 Å². The van der Waals surface area contributed by atoms with Crippen LogP contribution in [0.1, 0.15) is 12.8 Å². The summed E-state index contributed by atoms with van der Waals surface area (Å²) in [6, 6.07) is 14.6. The number of nitrogens with two attached hydrogens (primary N) is 1. The number of aromatic nitrogens is 4. The molecule has 1 saturated heterocycles. The number of nitrogen functional groups attached to an aromatic ring is 1. The predicted octanol–water partition coefficient (Wildman–Crippen LogP) is 3.23. The minimum atomic E-state index is 0.486. The first-order valence-corrected chi connectivity index (χ1v) is 9.47. The van der Waals surface area contributed by atoms with Crippen LogP contribution >= 0.6 is 0 Å². The molecule has 0 bridgehead atoms. The van der Waals surface area contributed by atoms with E-state index in [0.717, 1.165) is 60.2 Å². The van der Waals surface area contributed by atoms with Gasteiger partial charge in [0, 0.05) is 12.1 Å².